The lowest BCUT2D eigenvalue weighted by Gasteiger charge is -2.13. The number of anilines is 1. The number of para-hydroxylation sites is 3. The molecule has 0 aliphatic rings. The van der Waals surface area contributed by atoms with Crippen molar-refractivity contribution in [2.24, 2.45) is 0 Å². The van der Waals surface area contributed by atoms with E-state index in [1.54, 1.807) is 59.5 Å². The summed E-state index contributed by atoms with van der Waals surface area (Å²) >= 11 is 3.39. The first-order valence-electron chi connectivity index (χ1n) is 9.80. The first-order chi connectivity index (χ1) is 15.6. The zero-order valence-electron chi connectivity index (χ0n) is 16.6. The smallest absolute Gasteiger partial charge is 0.279 e. The number of fused-ring (bicyclic) bond motifs is 1. The number of halogens is 1. The molecule has 2 heterocycles. The number of aromatic nitrogens is 4. The standard InChI is InChI=1S/C24H16BrN5O2/c25-16-14-26-29(15-16)21-13-7-6-12-20(21)27-23(31)22-18-10-4-5-11-19(18)24(32)30(28-22)17-8-2-1-3-9-17/h1-15H,(H,27,31). The second-order valence-corrected chi connectivity index (χ2v) is 7.94. The largest absolute Gasteiger partial charge is 0.319 e. The Morgan fingerprint density at radius 2 is 1.56 bits per heavy atom. The van der Waals surface area contributed by atoms with E-state index >= 15 is 0 Å². The number of hydrogen-bond acceptors (Lipinski definition) is 4. The van der Waals surface area contributed by atoms with Crippen LogP contribution in [0.25, 0.3) is 22.1 Å². The Hall–Kier alpha value is -4.04. The molecule has 1 N–H and O–H groups in total. The Morgan fingerprint density at radius 3 is 2.31 bits per heavy atom. The summed E-state index contributed by atoms with van der Waals surface area (Å²) < 4.78 is 3.74. The maximum atomic E-state index is 13.4. The van der Waals surface area contributed by atoms with E-state index in [2.05, 4.69) is 31.4 Å². The van der Waals surface area contributed by atoms with Crippen molar-refractivity contribution in [3.8, 4) is 11.4 Å². The molecule has 5 rings (SSSR count). The average Bonchev–Trinajstić information content (AvgIpc) is 3.26. The molecule has 0 bridgehead atoms. The second kappa shape index (κ2) is 8.24. The number of hydrogen-bond donors (Lipinski definition) is 1. The van der Waals surface area contributed by atoms with E-state index in [1.807, 2.05) is 36.4 Å². The fourth-order valence-corrected chi connectivity index (χ4v) is 3.78. The van der Waals surface area contributed by atoms with Crippen molar-refractivity contribution in [1.82, 2.24) is 19.6 Å². The van der Waals surface area contributed by atoms with Crippen LogP contribution in [-0.2, 0) is 0 Å². The summed E-state index contributed by atoms with van der Waals surface area (Å²) in [6.45, 7) is 0. The normalized spacial score (nSPS) is 10.9. The van der Waals surface area contributed by atoms with Crippen molar-refractivity contribution in [3.63, 3.8) is 0 Å². The molecule has 0 radical (unpaired) electrons. The molecular formula is C24H16BrN5O2. The zero-order chi connectivity index (χ0) is 22.1. The fraction of sp³-hybridized carbons (Fsp3) is 0. The van der Waals surface area contributed by atoms with Gasteiger partial charge in [-0.3, -0.25) is 9.59 Å². The van der Waals surface area contributed by atoms with Crippen LogP contribution in [0.5, 0.6) is 0 Å². The summed E-state index contributed by atoms with van der Waals surface area (Å²) in [7, 11) is 0. The molecule has 5 aromatic rings. The molecule has 1 amide bonds. The SMILES string of the molecule is O=C(Nc1ccccc1-n1cc(Br)cn1)c1nn(-c2ccccc2)c(=O)c2ccccc12. The van der Waals surface area contributed by atoms with Crippen LogP contribution in [0.4, 0.5) is 5.69 Å². The Morgan fingerprint density at radius 1 is 0.875 bits per heavy atom. The summed E-state index contributed by atoms with van der Waals surface area (Å²) in [5.74, 6) is -0.426. The average molecular weight is 486 g/mol. The number of benzene rings is 3. The Balaban J connectivity index is 1.63. The van der Waals surface area contributed by atoms with Crippen molar-refractivity contribution >= 4 is 38.3 Å². The predicted octanol–water partition coefficient (Wildman–Crippen LogP) is 4.59. The third-order valence-electron chi connectivity index (χ3n) is 4.97. The maximum absolute atomic E-state index is 13.4. The van der Waals surface area contributed by atoms with E-state index in [1.165, 1.54) is 4.68 Å². The fourth-order valence-electron chi connectivity index (χ4n) is 3.49. The summed E-state index contributed by atoms with van der Waals surface area (Å²) in [6.07, 6.45) is 3.47. The Bertz CT molecular complexity index is 1510. The summed E-state index contributed by atoms with van der Waals surface area (Å²) in [4.78, 5) is 26.4. The van der Waals surface area contributed by atoms with E-state index in [-0.39, 0.29) is 11.3 Å². The molecule has 32 heavy (non-hydrogen) atoms. The first-order valence-corrected chi connectivity index (χ1v) is 10.6. The zero-order valence-corrected chi connectivity index (χ0v) is 18.2. The van der Waals surface area contributed by atoms with Gasteiger partial charge in [-0.2, -0.15) is 14.9 Å². The van der Waals surface area contributed by atoms with Crippen molar-refractivity contribution in [1.29, 1.82) is 0 Å². The van der Waals surface area contributed by atoms with Crippen molar-refractivity contribution in [2.75, 3.05) is 5.32 Å². The molecule has 0 aliphatic heterocycles. The molecule has 0 spiro atoms. The number of amides is 1. The monoisotopic (exact) mass is 485 g/mol. The van der Waals surface area contributed by atoms with Crippen LogP contribution in [-0.4, -0.2) is 25.5 Å². The molecule has 0 atom stereocenters. The summed E-state index contributed by atoms with van der Waals surface area (Å²) in [6, 6.07) is 23.3. The molecule has 0 saturated carbocycles. The topological polar surface area (TPSA) is 81.8 Å². The molecule has 0 saturated heterocycles. The van der Waals surface area contributed by atoms with E-state index in [0.29, 0.717) is 27.8 Å². The lowest BCUT2D eigenvalue weighted by molar-refractivity contribution is 0.102. The highest BCUT2D eigenvalue weighted by Crippen LogP contribution is 2.23. The van der Waals surface area contributed by atoms with Gasteiger partial charge in [0.25, 0.3) is 11.5 Å². The van der Waals surface area contributed by atoms with Gasteiger partial charge in [0.2, 0.25) is 0 Å². The second-order valence-electron chi connectivity index (χ2n) is 7.02. The predicted molar refractivity (Wildman–Crippen MR) is 127 cm³/mol. The molecular weight excluding hydrogens is 470 g/mol. The first kappa shape index (κ1) is 19.9. The Labute approximate surface area is 191 Å². The van der Waals surface area contributed by atoms with Crippen LogP contribution in [0.2, 0.25) is 0 Å². The van der Waals surface area contributed by atoms with Gasteiger partial charge in [0.15, 0.2) is 5.69 Å². The van der Waals surface area contributed by atoms with Gasteiger partial charge in [0.05, 0.1) is 33.1 Å². The number of carbonyl (C=O) groups excluding carboxylic acids is 1. The highest BCUT2D eigenvalue weighted by Gasteiger charge is 2.19. The van der Waals surface area contributed by atoms with Crippen LogP contribution >= 0.6 is 15.9 Å². The van der Waals surface area contributed by atoms with Crippen LogP contribution in [0.3, 0.4) is 0 Å². The maximum Gasteiger partial charge on any atom is 0.279 e. The molecule has 156 valence electrons. The van der Waals surface area contributed by atoms with Gasteiger partial charge in [0.1, 0.15) is 0 Å². The molecule has 0 fully saturated rings. The highest BCUT2D eigenvalue weighted by atomic mass is 79.9. The third-order valence-corrected chi connectivity index (χ3v) is 5.38. The molecule has 3 aromatic carbocycles. The lowest BCUT2D eigenvalue weighted by Crippen LogP contribution is -2.26. The van der Waals surface area contributed by atoms with Gasteiger partial charge < -0.3 is 5.32 Å². The van der Waals surface area contributed by atoms with E-state index < -0.39 is 5.91 Å². The van der Waals surface area contributed by atoms with Crippen LogP contribution in [0.1, 0.15) is 10.5 Å². The van der Waals surface area contributed by atoms with Gasteiger partial charge >= 0.3 is 0 Å². The minimum atomic E-state index is -0.426. The number of nitrogens with one attached hydrogen (secondary N) is 1. The lowest BCUT2D eigenvalue weighted by atomic mass is 10.1. The summed E-state index contributed by atoms with van der Waals surface area (Å²) in [5, 5.41) is 12.6. The number of rotatable bonds is 4. The van der Waals surface area contributed by atoms with Gasteiger partial charge in [-0.05, 0) is 46.3 Å². The molecule has 8 heteroatoms. The number of nitrogens with zero attached hydrogens (tertiary/aromatic N) is 4. The van der Waals surface area contributed by atoms with Crippen molar-refractivity contribution < 1.29 is 4.79 Å². The highest BCUT2D eigenvalue weighted by molar-refractivity contribution is 9.10. The van der Waals surface area contributed by atoms with Crippen molar-refractivity contribution in [3.05, 3.63) is 112 Å². The van der Waals surface area contributed by atoms with E-state index in [4.69, 9.17) is 0 Å². The van der Waals surface area contributed by atoms with Gasteiger partial charge in [-0.25, -0.2) is 4.68 Å². The minimum Gasteiger partial charge on any atom is -0.319 e. The van der Waals surface area contributed by atoms with Gasteiger partial charge in [-0.15, -0.1) is 0 Å². The summed E-state index contributed by atoms with van der Waals surface area (Å²) in [5.41, 5.74) is 1.72. The molecule has 0 unspecified atom stereocenters. The van der Waals surface area contributed by atoms with Crippen LogP contribution in [0.15, 0.2) is 101 Å². The van der Waals surface area contributed by atoms with Gasteiger partial charge in [0, 0.05) is 11.6 Å². The quantitative estimate of drug-likeness (QED) is 0.403. The minimum absolute atomic E-state index is 0.153. The van der Waals surface area contributed by atoms with Gasteiger partial charge in [-0.1, -0.05) is 48.5 Å². The van der Waals surface area contributed by atoms with E-state index in [0.717, 1.165) is 4.47 Å². The van der Waals surface area contributed by atoms with Crippen LogP contribution < -0.4 is 10.9 Å². The molecule has 7 nitrogen and oxygen atoms in total. The van der Waals surface area contributed by atoms with E-state index in [9.17, 15) is 9.59 Å². The molecule has 0 aliphatic carbocycles. The number of carbonyl (C=O) groups is 1. The molecule has 2 aromatic heterocycles. The third kappa shape index (κ3) is 3.61. The Kier molecular flexibility index (Phi) is 5.12. The van der Waals surface area contributed by atoms with Crippen molar-refractivity contribution in [2.45, 2.75) is 0 Å². The van der Waals surface area contributed by atoms with Crippen LogP contribution in [0, 0.1) is 0 Å².